The van der Waals surface area contributed by atoms with Gasteiger partial charge in [-0.25, -0.2) is 0 Å². The lowest BCUT2D eigenvalue weighted by atomic mass is 10.1. The van der Waals surface area contributed by atoms with E-state index >= 15 is 0 Å². The van der Waals surface area contributed by atoms with Gasteiger partial charge in [0.25, 0.3) is 0 Å². The average Bonchev–Trinajstić information content (AvgIpc) is 2.46. The lowest BCUT2D eigenvalue weighted by molar-refractivity contribution is 0.448. The first-order valence-electron chi connectivity index (χ1n) is 6.27. The number of aromatic hydroxyl groups is 2. The molecule has 0 saturated heterocycles. The van der Waals surface area contributed by atoms with Gasteiger partial charge in [-0.15, -0.1) is 0 Å². The minimum Gasteiger partial charge on any atom is -0.508 e. The van der Waals surface area contributed by atoms with Crippen LogP contribution >= 0.6 is 0 Å². The highest BCUT2D eigenvalue weighted by molar-refractivity contribution is 5.57. The lowest BCUT2D eigenvalue weighted by Crippen LogP contribution is -2.06. The highest BCUT2D eigenvalue weighted by Crippen LogP contribution is 2.27. The Morgan fingerprint density at radius 1 is 0.952 bits per heavy atom. The Bertz CT molecular complexity index is 737. The predicted octanol–water partition coefficient (Wildman–Crippen LogP) is 3.01. The Labute approximate surface area is 122 Å². The zero-order chi connectivity index (χ0) is 15.4. The zero-order valence-corrected chi connectivity index (χ0v) is 11.3. The van der Waals surface area contributed by atoms with Crippen LogP contribution in [0.15, 0.2) is 36.4 Å². The minimum absolute atomic E-state index is 0.0174. The van der Waals surface area contributed by atoms with Crippen LogP contribution in [0.5, 0.6) is 11.5 Å². The third-order valence-electron chi connectivity index (χ3n) is 3.07. The molecule has 0 fully saturated rings. The molecule has 0 saturated carbocycles. The molecule has 0 aliphatic rings. The van der Waals surface area contributed by atoms with Crippen molar-refractivity contribution in [2.24, 2.45) is 0 Å². The fraction of sp³-hybridized carbons (Fsp3) is 0.125. The van der Waals surface area contributed by atoms with Crippen molar-refractivity contribution in [3.63, 3.8) is 0 Å². The van der Waals surface area contributed by atoms with Crippen LogP contribution in [0.1, 0.15) is 29.7 Å². The van der Waals surface area contributed by atoms with Crippen LogP contribution in [0.2, 0.25) is 0 Å². The van der Waals surface area contributed by atoms with E-state index in [1.54, 1.807) is 30.3 Å². The number of phenols is 2. The van der Waals surface area contributed by atoms with Gasteiger partial charge >= 0.3 is 0 Å². The van der Waals surface area contributed by atoms with E-state index in [-0.39, 0.29) is 17.5 Å². The Hall–Kier alpha value is -3.18. The molecule has 5 heteroatoms. The van der Waals surface area contributed by atoms with Crippen molar-refractivity contribution in [3.8, 4) is 23.6 Å². The summed E-state index contributed by atoms with van der Waals surface area (Å²) in [7, 11) is 0. The molecule has 0 bridgehead atoms. The second kappa shape index (κ2) is 5.85. The molecule has 2 aromatic carbocycles. The summed E-state index contributed by atoms with van der Waals surface area (Å²) in [5.74, 6) is -0.0348. The van der Waals surface area contributed by atoms with Crippen LogP contribution in [0.4, 0.5) is 5.69 Å². The van der Waals surface area contributed by atoms with E-state index in [9.17, 15) is 10.2 Å². The van der Waals surface area contributed by atoms with E-state index in [0.29, 0.717) is 22.4 Å². The van der Waals surface area contributed by atoms with Gasteiger partial charge in [0.15, 0.2) is 0 Å². The van der Waals surface area contributed by atoms with Gasteiger partial charge in [0.1, 0.15) is 23.6 Å². The quantitative estimate of drug-likeness (QED) is 0.801. The van der Waals surface area contributed by atoms with Crippen LogP contribution in [-0.4, -0.2) is 10.2 Å². The van der Waals surface area contributed by atoms with Crippen LogP contribution in [0, 0.1) is 22.7 Å². The van der Waals surface area contributed by atoms with Crippen LogP contribution < -0.4 is 5.32 Å². The number of nitrogens with zero attached hydrogens (tertiary/aromatic N) is 2. The molecule has 0 heterocycles. The lowest BCUT2D eigenvalue weighted by Gasteiger charge is -2.16. The maximum Gasteiger partial charge on any atom is 0.119 e. The summed E-state index contributed by atoms with van der Waals surface area (Å²) in [5, 5.41) is 40.0. The molecule has 1 atom stereocenters. The first-order valence-corrected chi connectivity index (χ1v) is 6.27. The SMILES string of the molecule is CC(Nc1ccc(C#N)c(C#N)c1)c1cc(O)cc(O)c1. The second-order valence-corrected chi connectivity index (χ2v) is 4.63. The predicted molar refractivity (Wildman–Crippen MR) is 77.7 cm³/mol. The van der Waals surface area contributed by atoms with E-state index in [2.05, 4.69) is 5.32 Å². The summed E-state index contributed by atoms with van der Waals surface area (Å²) in [5.41, 5.74) is 2.01. The Kier molecular flexibility index (Phi) is 3.97. The highest BCUT2D eigenvalue weighted by Gasteiger charge is 2.10. The first kappa shape index (κ1) is 14.2. The zero-order valence-electron chi connectivity index (χ0n) is 11.3. The molecule has 0 aliphatic heterocycles. The van der Waals surface area contributed by atoms with E-state index in [4.69, 9.17) is 10.5 Å². The standard InChI is InChI=1S/C16H13N3O2/c1-10(12-5-15(20)7-16(21)6-12)19-14-3-2-11(8-17)13(4-14)9-18/h2-7,10,19-21H,1H3. The molecule has 104 valence electrons. The molecule has 0 spiro atoms. The Morgan fingerprint density at radius 2 is 1.57 bits per heavy atom. The first-order chi connectivity index (χ1) is 10.0. The van der Waals surface area contributed by atoms with Crippen molar-refractivity contribution in [3.05, 3.63) is 53.1 Å². The molecule has 5 nitrogen and oxygen atoms in total. The van der Waals surface area contributed by atoms with Crippen LogP contribution in [0.3, 0.4) is 0 Å². The van der Waals surface area contributed by atoms with Gasteiger partial charge in [-0.1, -0.05) is 0 Å². The molecule has 0 radical (unpaired) electrons. The summed E-state index contributed by atoms with van der Waals surface area (Å²) in [6.45, 7) is 1.86. The Morgan fingerprint density at radius 3 is 2.14 bits per heavy atom. The molecule has 2 aromatic rings. The number of rotatable bonds is 3. The van der Waals surface area contributed by atoms with E-state index in [0.717, 1.165) is 0 Å². The third-order valence-corrected chi connectivity index (χ3v) is 3.07. The molecule has 0 amide bonds. The summed E-state index contributed by atoms with van der Waals surface area (Å²) >= 11 is 0. The normalized spacial score (nSPS) is 11.2. The number of hydrogen-bond donors (Lipinski definition) is 3. The monoisotopic (exact) mass is 279 g/mol. The molecule has 2 rings (SSSR count). The van der Waals surface area contributed by atoms with E-state index < -0.39 is 0 Å². The number of nitriles is 2. The summed E-state index contributed by atoms with van der Waals surface area (Å²) in [4.78, 5) is 0. The van der Waals surface area contributed by atoms with Gasteiger partial charge in [0, 0.05) is 17.8 Å². The molecule has 0 aromatic heterocycles. The van der Waals surface area contributed by atoms with E-state index in [1.807, 2.05) is 19.1 Å². The molecule has 0 aliphatic carbocycles. The second-order valence-electron chi connectivity index (χ2n) is 4.63. The largest absolute Gasteiger partial charge is 0.508 e. The summed E-state index contributed by atoms with van der Waals surface area (Å²) < 4.78 is 0. The van der Waals surface area contributed by atoms with Gasteiger partial charge in [-0.3, -0.25) is 0 Å². The minimum atomic E-state index is -0.192. The van der Waals surface area contributed by atoms with Crippen molar-refractivity contribution >= 4 is 5.69 Å². The topological polar surface area (TPSA) is 100 Å². The molecular weight excluding hydrogens is 266 g/mol. The number of anilines is 1. The molecular formula is C16H13N3O2. The number of hydrogen-bond acceptors (Lipinski definition) is 5. The smallest absolute Gasteiger partial charge is 0.119 e. The molecule has 3 N–H and O–H groups in total. The Balaban J connectivity index is 2.26. The van der Waals surface area contributed by atoms with Crippen molar-refractivity contribution in [1.29, 1.82) is 10.5 Å². The summed E-state index contributed by atoms with van der Waals surface area (Å²) in [6.07, 6.45) is 0. The molecule has 21 heavy (non-hydrogen) atoms. The van der Waals surface area contributed by atoms with E-state index in [1.165, 1.54) is 6.07 Å². The van der Waals surface area contributed by atoms with Gasteiger partial charge in [0.2, 0.25) is 0 Å². The highest BCUT2D eigenvalue weighted by atomic mass is 16.3. The average molecular weight is 279 g/mol. The third kappa shape index (κ3) is 3.23. The number of nitrogens with one attached hydrogen (secondary N) is 1. The van der Waals surface area contributed by atoms with Crippen molar-refractivity contribution in [1.82, 2.24) is 0 Å². The van der Waals surface area contributed by atoms with Crippen molar-refractivity contribution < 1.29 is 10.2 Å². The number of benzene rings is 2. The van der Waals surface area contributed by atoms with Crippen LogP contribution in [0.25, 0.3) is 0 Å². The summed E-state index contributed by atoms with van der Waals surface area (Å²) in [6, 6.07) is 13.0. The number of phenolic OH excluding ortho intramolecular Hbond substituents is 2. The maximum absolute atomic E-state index is 9.49. The van der Waals surface area contributed by atoms with Gasteiger partial charge in [-0.05, 0) is 42.8 Å². The van der Waals surface area contributed by atoms with Gasteiger partial charge < -0.3 is 15.5 Å². The fourth-order valence-corrected chi connectivity index (χ4v) is 2.03. The van der Waals surface area contributed by atoms with Gasteiger partial charge in [0.05, 0.1) is 11.1 Å². The maximum atomic E-state index is 9.49. The van der Waals surface area contributed by atoms with Gasteiger partial charge in [-0.2, -0.15) is 10.5 Å². The molecule has 1 unspecified atom stereocenters. The van der Waals surface area contributed by atoms with Crippen molar-refractivity contribution in [2.45, 2.75) is 13.0 Å². The van der Waals surface area contributed by atoms with Crippen molar-refractivity contribution in [2.75, 3.05) is 5.32 Å². The van der Waals surface area contributed by atoms with Crippen LogP contribution in [-0.2, 0) is 0 Å². The fourth-order valence-electron chi connectivity index (χ4n) is 2.03.